The van der Waals surface area contributed by atoms with Crippen molar-refractivity contribution in [3.8, 4) is 0 Å². The third kappa shape index (κ3) is 2.97. The number of nitrogens with one attached hydrogen (secondary N) is 1. The van der Waals surface area contributed by atoms with Crippen LogP contribution in [-0.4, -0.2) is 44.9 Å². The third-order valence-electron chi connectivity index (χ3n) is 4.45. The van der Waals surface area contributed by atoms with Gasteiger partial charge in [-0.2, -0.15) is 4.37 Å². The van der Waals surface area contributed by atoms with E-state index in [1.165, 1.54) is 11.5 Å². The maximum absolute atomic E-state index is 13.0. The summed E-state index contributed by atoms with van der Waals surface area (Å²) in [5, 5.41) is 3.94. The Labute approximate surface area is 140 Å². The van der Waals surface area contributed by atoms with Crippen LogP contribution in [-0.2, 0) is 6.42 Å². The maximum atomic E-state index is 13.0. The van der Waals surface area contributed by atoms with Crippen LogP contribution in [0.1, 0.15) is 47.7 Å². The normalized spacial score (nSPS) is 18.2. The summed E-state index contributed by atoms with van der Waals surface area (Å²) in [5.74, 6) is 1.18. The Morgan fingerprint density at radius 3 is 3.09 bits per heavy atom. The second-order valence-electron chi connectivity index (χ2n) is 5.87. The number of piperidine rings is 1. The molecule has 1 aliphatic heterocycles. The molecule has 1 saturated heterocycles. The summed E-state index contributed by atoms with van der Waals surface area (Å²) < 4.78 is 6.55. The first-order valence-corrected chi connectivity index (χ1v) is 8.88. The van der Waals surface area contributed by atoms with Crippen molar-refractivity contribution in [2.24, 2.45) is 0 Å². The molecule has 1 N–H and O–H groups in total. The summed E-state index contributed by atoms with van der Waals surface area (Å²) in [4.78, 5) is 19.3. The number of rotatable bonds is 4. The molecular formula is C16H23N5OS. The van der Waals surface area contributed by atoms with Gasteiger partial charge in [0.05, 0.1) is 17.3 Å². The van der Waals surface area contributed by atoms with Crippen molar-refractivity contribution >= 4 is 22.4 Å². The van der Waals surface area contributed by atoms with E-state index in [0.29, 0.717) is 6.04 Å². The number of hydrogen-bond donors (Lipinski definition) is 1. The molecule has 1 unspecified atom stereocenters. The first-order chi connectivity index (χ1) is 11.2. The molecule has 1 aliphatic rings. The number of aryl methyl sites for hydroxylation is 2. The Hall–Kier alpha value is -1.89. The van der Waals surface area contributed by atoms with Gasteiger partial charge in [0, 0.05) is 39.0 Å². The van der Waals surface area contributed by atoms with Crippen LogP contribution in [0.4, 0.5) is 5.00 Å². The first-order valence-electron chi connectivity index (χ1n) is 8.10. The average Bonchev–Trinajstić information content (AvgIpc) is 3.20. The Kier molecular flexibility index (Phi) is 4.66. The molecular weight excluding hydrogens is 310 g/mol. The molecule has 0 saturated carbocycles. The van der Waals surface area contributed by atoms with Crippen LogP contribution >= 0.6 is 11.5 Å². The molecule has 3 rings (SSSR count). The molecule has 0 aromatic carbocycles. The molecule has 0 aliphatic carbocycles. The van der Waals surface area contributed by atoms with Gasteiger partial charge in [-0.15, -0.1) is 0 Å². The molecule has 2 aromatic heterocycles. The highest BCUT2D eigenvalue weighted by atomic mass is 32.1. The number of likely N-dealkylation sites (tertiary alicyclic amines) is 1. The SMILES string of the molecule is CCc1nccn1C1CCCN(C(=O)c2c(C)nsc2NC)C1. The number of imidazole rings is 1. The molecule has 1 amide bonds. The van der Waals surface area contributed by atoms with E-state index in [4.69, 9.17) is 0 Å². The molecule has 6 nitrogen and oxygen atoms in total. The van der Waals surface area contributed by atoms with Gasteiger partial charge in [-0.3, -0.25) is 4.79 Å². The van der Waals surface area contributed by atoms with E-state index in [0.717, 1.165) is 54.4 Å². The number of anilines is 1. The van der Waals surface area contributed by atoms with Crippen LogP contribution in [0.15, 0.2) is 12.4 Å². The summed E-state index contributed by atoms with van der Waals surface area (Å²) in [6.45, 7) is 5.56. The second-order valence-corrected chi connectivity index (χ2v) is 6.65. The summed E-state index contributed by atoms with van der Waals surface area (Å²) in [6.07, 6.45) is 6.91. The smallest absolute Gasteiger partial charge is 0.258 e. The number of hydrogen-bond acceptors (Lipinski definition) is 5. The summed E-state index contributed by atoms with van der Waals surface area (Å²) >= 11 is 1.35. The van der Waals surface area contributed by atoms with Crippen molar-refractivity contribution in [2.45, 2.75) is 39.2 Å². The molecule has 0 bridgehead atoms. The van der Waals surface area contributed by atoms with Crippen molar-refractivity contribution in [2.75, 3.05) is 25.5 Å². The number of aromatic nitrogens is 3. The van der Waals surface area contributed by atoms with Gasteiger partial charge < -0.3 is 14.8 Å². The van der Waals surface area contributed by atoms with E-state index in [1.54, 1.807) is 0 Å². The molecule has 1 fully saturated rings. The van der Waals surface area contributed by atoms with Crippen molar-refractivity contribution in [3.63, 3.8) is 0 Å². The summed E-state index contributed by atoms with van der Waals surface area (Å²) in [5.41, 5.74) is 1.53. The molecule has 0 spiro atoms. The highest BCUT2D eigenvalue weighted by molar-refractivity contribution is 7.10. The van der Waals surface area contributed by atoms with E-state index >= 15 is 0 Å². The predicted molar refractivity (Wildman–Crippen MR) is 92.2 cm³/mol. The van der Waals surface area contributed by atoms with E-state index in [9.17, 15) is 4.79 Å². The zero-order valence-electron chi connectivity index (χ0n) is 13.9. The lowest BCUT2D eigenvalue weighted by Crippen LogP contribution is -2.41. The zero-order valence-corrected chi connectivity index (χ0v) is 14.7. The largest absolute Gasteiger partial charge is 0.378 e. The number of nitrogens with zero attached hydrogens (tertiary/aromatic N) is 4. The third-order valence-corrected chi connectivity index (χ3v) is 5.40. The first kappa shape index (κ1) is 16.0. The minimum absolute atomic E-state index is 0.0865. The number of amides is 1. The van der Waals surface area contributed by atoms with Crippen molar-refractivity contribution < 1.29 is 4.79 Å². The van der Waals surface area contributed by atoms with Gasteiger partial charge in [-0.1, -0.05) is 6.92 Å². The quantitative estimate of drug-likeness (QED) is 0.934. The molecule has 1 atom stereocenters. The van der Waals surface area contributed by atoms with Crippen LogP contribution in [0, 0.1) is 6.92 Å². The Morgan fingerprint density at radius 1 is 1.52 bits per heavy atom. The van der Waals surface area contributed by atoms with E-state index in [1.807, 2.05) is 31.3 Å². The molecule has 124 valence electrons. The molecule has 7 heteroatoms. The fourth-order valence-corrected chi connectivity index (χ4v) is 4.00. The predicted octanol–water partition coefficient (Wildman–Crippen LogP) is 2.73. The summed E-state index contributed by atoms with van der Waals surface area (Å²) in [6, 6.07) is 0.315. The van der Waals surface area contributed by atoms with Gasteiger partial charge in [-0.05, 0) is 31.3 Å². The van der Waals surface area contributed by atoms with Crippen molar-refractivity contribution in [1.82, 2.24) is 18.8 Å². The van der Waals surface area contributed by atoms with Gasteiger partial charge in [0.15, 0.2) is 0 Å². The second kappa shape index (κ2) is 6.70. The lowest BCUT2D eigenvalue weighted by Gasteiger charge is -2.34. The highest BCUT2D eigenvalue weighted by Gasteiger charge is 2.29. The van der Waals surface area contributed by atoms with E-state index in [-0.39, 0.29) is 5.91 Å². The lowest BCUT2D eigenvalue weighted by atomic mass is 10.0. The monoisotopic (exact) mass is 333 g/mol. The minimum Gasteiger partial charge on any atom is -0.378 e. The molecule has 3 heterocycles. The van der Waals surface area contributed by atoms with Crippen LogP contribution in [0.25, 0.3) is 0 Å². The van der Waals surface area contributed by atoms with E-state index in [2.05, 4.69) is 26.2 Å². The fraction of sp³-hybridized carbons (Fsp3) is 0.562. The number of carbonyl (C=O) groups excluding carboxylic acids is 1. The lowest BCUT2D eigenvalue weighted by molar-refractivity contribution is 0.0678. The molecule has 2 aromatic rings. The topological polar surface area (TPSA) is 63.1 Å². The Bertz CT molecular complexity index is 692. The molecule has 0 radical (unpaired) electrons. The fourth-order valence-electron chi connectivity index (χ4n) is 3.27. The summed E-state index contributed by atoms with van der Waals surface area (Å²) in [7, 11) is 1.84. The van der Waals surface area contributed by atoms with Crippen LogP contribution in [0.2, 0.25) is 0 Å². The van der Waals surface area contributed by atoms with Gasteiger partial charge in [-0.25, -0.2) is 4.98 Å². The Morgan fingerprint density at radius 2 is 2.35 bits per heavy atom. The van der Waals surface area contributed by atoms with Gasteiger partial charge in [0.1, 0.15) is 10.8 Å². The van der Waals surface area contributed by atoms with E-state index < -0.39 is 0 Å². The standard InChI is InChI=1S/C16H23N5OS/c1-4-13-18-7-9-21(13)12-6-5-8-20(10-12)16(22)14-11(2)19-23-15(14)17-3/h7,9,12,17H,4-6,8,10H2,1-3H3. The minimum atomic E-state index is 0.0865. The van der Waals surface area contributed by atoms with Crippen LogP contribution < -0.4 is 5.32 Å². The average molecular weight is 333 g/mol. The number of carbonyl (C=O) groups is 1. The van der Waals surface area contributed by atoms with Crippen LogP contribution in [0.5, 0.6) is 0 Å². The van der Waals surface area contributed by atoms with Crippen LogP contribution in [0.3, 0.4) is 0 Å². The highest BCUT2D eigenvalue weighted by Crippen LogP contribution is 2.29. The Balaban J connectivity index is 1.81. The zero-order chi connectivity index (χ0) is 16.4. The van der Waals surface area contributed by atoms with Crippen molar-refractivity contribution in [3.05, 3.63) is 29.5 Å². The van der Waals surface area contributed by atoms with Crippen molar-refractivity contribution in [1.29, 1.82) is 0 Å². The molecule has 23 heavy (non-hydrogen) atoms. The maximum Gasteiger partial charge on any atom is 0.258 e. The van der Waals surface area contributed by atoms with Gasteiger partial charge in [0.25, 0.3) is 5.91 Å². The van der Waals surface area contributed by atoms with Gasteiger partial charge >= 0.3 is 0 Å². The van der Waals surface area contributed by atoms with Gasteiger partial charge in [0.2, 0.25) is 0 Å².